The van der Waals surface area contributed by atoms with Gasteiger partial charge in [-0.05, 0) is 18.7 Å². The summed E-state index contributed by atoms with van der Waals surface area (Å²) in [5.74, 6) is -0.833. The van der Waals surface area contributed by atoms with Crippen LogP contribution < -0.4 is 0 Å². The Balaban J connectivity index is 1.83. The number of likely N-dealkylation sites (N-methyl/N-ethyl adjacent to an activating group) is 1. The van der Waals surface area contributed by atoms with Crippen LogP contribution in [-0.4, -0.2) is 63.0 Å². The van der Waals surface area contributed by atoms with Gasteiger partial charge >= 0.3 is 5.97 Å². The second-order valence-corrected chi connectivity index (χ2v) is 5.71. The molecule has 0 atom stereocenters. The highest BCUT2D eigenvalue weighted by molar-refractivity contribution is 5.70. The summed E-state index contributed by atoms with van der Waals surface area (Å²) in [7, 11) is 0. The van der Waals surface area contributed by atoms with Crippen LogP contribution >= 0.6 is 0 Å². The molecule has 1 N–H and O–H groups in total. The maximum atomic E-state index is 11.1. The summed E-state index contributed by atoms with van der Waals surface area (Å²) in [4.78, 5) is 20.4. The summed E-state index contributed by atoms with van der Waals surface area (Å²) in [6.07, 6.45) is 1.94. The Kier molecular flexibility index (Phi) is 4.40. The minimum atomic E-state index is -0.833. The van der Waals surface area contributed by atoms with E-state index in [2.05, 4.69) is 21.7 Å². The van der Waals surface area contributed by atoms with E-state index in [1.807, 2.05) is 28.8 Å². The van der Waals surface area contributed by atoms with E-state index < -0.39 is 5.97 Å². The van der Waals surface area contributed by atoms with Crippen LogP contribution in [0.3, 0.4) is 0 Å². The van der Waals surface area contributed by atoms with Crippen molar-refractivity contribution in [3.05, 3.63) is 35.8 Å². The number of carboxylic acids is 1. The Morgan fingerprint density at radius 2 is 1.95 bits per heavy atom. The van der Waals surface area contributed by atoms with Gasteiger partial charge in [-0.2, -0.15) is 0 Å². The molecule has 0 amide bonds. The molecule has 3 heterocycles. The predicted molar refractivity (Wildman–Crippen MR) is 83.9 cm³/mol. The zero-order valence-corrected chi connectivity index (χ0v) is 12.9. The van der Waals surface area contributed by atoms with Crippen molar-refractivity contribution in [3.8, 4) is 0 Å². The molecule has 1 aliphatic heterocycles. The lowest BCUT2D eigenvalue weighted by Gasteiger charge is -2.34. The molecule has 3 rings (SSSR count). The highest BCUT2D eigenvalue weighted by Crippen LogP contribution is 2.17. The van der Waals surface area contributed by atoms with Crippen LogP contribution in [0, 0.1) is 0 Å². The van der Waals surface area contributed by atoms with E-state index in [0.717, 1.165) is 50.6 Å². The monoisotopic (exact) mass is 302 g/mol. The zero-order chi connectivity index (χ0) is 15.5. The number of pyridine rings is 1. The van der Waals surface area contributed by atoms with Crippen molar-refractivity contribution in [2.24, 2.45) is 0 Å². The van der Waals surface area contributed by atoms with Gasteiger partial charge in [-0.3, -0.25) is 9.69 Å². The van der Waals surface area contributed by atoms with Crippen molar-refractivity contribution in [1.29, 1.82) is 0 Å². The number of nitrogens with zero attached hydrogens (tertiary/aromatic N) is 4. The molecule has 0 radical (unpaired) electrons. The van der Waals surface area contributed by atoms with Crippen LogP contribution in [0.4, 0.5) is 0 Å². The third-order valence-electron chi connectivity index (χ3n) is 4.32. The summed E-state index contributed by atoms with van der Waals surface area (Å²) >= 11 is 0. The Morgan fingerprint density at radius 3 is 2.64 bits per heavy atom. The summed E-state index contributed by atoms with van der Waals surface area (Å²) in [5.41, 5.74) is 2.50. The maximum Gasteiger partial charge on any atom is 0.309 e. The first-order valence-corrected chi connectivity index (χ1v) is 7.78. The molecule has 0 saturated carbocycles. The second-order valence-electron chi connectivity index (χ2n) is 5.71. The Morgan fingerprint density at radius 1 is 1.23 bits per heavy atom. The number of imidazole rings is 1. The quantitative estimate of drug-likeness (QED) is 0.896. The molecule has 0 spiro atoms. The van der Waals surface area contributed by atoms with Crippen LogP contribution in [0.5, 0.6) is 0 Å². The normalized spacial score (nSPS) is 17.1. The number of piperazine rings is 1. The van der Waals surface area contributed by atoms with Gasteiger partial charge in [0.05, 0.1) is 17.8 Å². The van der Waals surface area contributed by atoms with Gasteiger partial charge in [0.1, 0.15) is 5.65 Å². The lowest BCUT2D eigenvalue weighted by atomic mass is 10.2. The van der Waals surface area contributed by atoms with Gasteiger partial charge in [0.2, 0.25) is 0 Å². The highest BCUT2D eigenvalue weighted by Gasteiger charge is 2.20. The average Bonchev–Trinajstić information content (AvgIpc) is 2.85. The van der Waals surface area contributed by atoms with Crippen LogP contribution in [-0.2, 0) is 17.8 Å². The third kappa shape index (κ3) is 3.13. The van der Waals surface area contributed by atoms with E-state index in [1.54, 1.807) is 0 Å². The molecule has 0 aromatic carbocycles. The number of hydrogen-bond acceptors (Lipinski definition) is 4. The molecule has 1 aliphatic rings. The summed E-state index contributed by atoms with van der Waals surface area (Å²) in [5, 5.41) is 9.12. The first-order chi connectivity index (χ1) is 10.7. The van der Waals surface area contributed by atoms with Crippen molar-refractivity contribution < 1.29 is 9.90 Å². The molecule has 118 valence electrons. The average molecular weight is 302 g/mol. The van der Waals surface area contributed by atoms with Crippen molar-refractivity contribution in [2.75, 3.05) is 32.7 Å². The fourth-order valence-electron chi connectivity index (χ4n) is 3.02. The lowest BCUT2D eigenvalue weighted by molar-refractivity contribution is -0.136. The van der Waals surface area contributed by atoms with Crippen molar-refractivity contribution >= 4 is 11.6 Å². The predicted octanol–water partition coefficient (Wildman–Crippen LogP) is 1.10. The van der Waals surface area contributed by atoms with E-state index >= 15 is 0 Å². The van der Waals surface area contributed by atoms with Gasteiger partial charge in [0.15, 0.2) is 0 Å². The SMILES string of the molecule is CCN1CCN(Cc2c(CC(=O)O)nc3ccccn23)CC1. The van der Waals surface area contributed by atoms with Crippen LogP contribution in [0.1, 0.15) is 18.3 Å². The topological polar surface area (TPSA) is 61.1 Å². The summed E-state index contributed by atoms with van der Waals surface area (Å²) in [6, 6.07) is 5.80. The van der Waals surface area contributed by atoms with Gasteiger partial charge in [-0.1, -0.05) is 13.0 Å². The highest BCUT2D eigenvalue weighted by atomic mass is 16.4. The molecule has 1 saturated heterocycles. The molecule has 6 heteroatoms. The molecule has 0 bridgehead atoms. The van der Waals surface area contributed by atoms with E-state index in [1.165, 1.54) is 0 Å². The minimum Gasteiger partial charge on any atom is -0.481 e. The van der Waals surface area contributed by atoms with Crippen molar-refractivity contribution in [3.63, 3.8) is 0 Å². The lowest BCUT2D eigenvalue weighted by Crippen LogP contribution is -2.45. The van der Waals surface area contributed by atoms with Crippen LogP contribution in [0.2, 0.25) is 0 Å². The summed E-state index contributed by atoms with van der Waals surface area (Å²) < 4.78 is 2.02. The second kappa shape index (κ2) is 6.46. The molecule has 6 nitrogen and oxygen atoms in total. The standard InChI is InChI=1S/C16H22N4O2/c1-2-18-7-9-19(10-8-18)12-14-13(11-16(21)22)17-15-5-3-4-6-20(14)15/h3-6H,2,7-12H2,1H3,(H,21,22). The molecule has 2 aromatic rings. The Bertz CT molecular complexity index is 659. The van der Waals surface area contributed by atoms with Gasteiger partial charge < -0.3 is 14.4 Å². The minimum absolute atomic E-state index is 0.0219. The van der Waals surface area contributed by atoms with E-state index in [4.69, 9.17) is 5.11 Å². The molecular formula is C16H22N4O2. The molecule has 22 heavy (non-hydrogen) atoms. The van der Waals surface area contributed by atoms with Crippen LogP contribution in [0.15, 0.2) is 24.4 Å². The van der Waals surface area contributed by atoms with Crippen molar-refractivity contribution in [1.82, 2.24) is 19.2 Å². The number of carbonyl (C=O) groups is 1. The molecular weight excluding hydrogens is 280 g/mol. The van der Waals surface area contributed by atoms with Gasteiger partial charge in [0, 0.05) is 38.9 Å². The fourth-order valence-corrected chi connectivity index (χ4v) is 3.02. The number of aromatic nitrogens is 2. The number of carboxylic acid groups (broad SMARTS) is 1. The molecule has 1 fully saturated rings. The first kappa shape index (κ1) is 15.0. The number of hydrogen-bond donors (Lipinski definition) is 1. The molecule has 0 aliphatic carbocycles. The van der Waals surface area contributed by atoms with E-state index in [9.17, 15) is 4.79 Å². The smallest absolute Gasteiger partial charge is 0.309 e. The van der Waals surface area contributed by atoms with E-state index in [0.29, 0.717) is 5.69 Å². The van der Waals surface area contributed by atoms with Crippen LogP contribution in [0.25, 0.3) is 5.65 Å². The largest absolute Gasteiger partial charge is 0.481 e. The van der Waals surface area contributed by atoms with Gasteiger partial charge in [0.25, 0.3) is 0 Å². The van der Waals surface area contributed by atoms with Gasteiger partial charge in [-0.25, -0.2) is 4.98 Å². The van der Waals surface area contributed by atoms with Gasteiger partial charge in [-0.15, -0.1) is 0 Å². The molecule has 2 aromatic heterocycles. The summed E-state index contributed by atoms with van der Waals surface area (Å²) in [6.45, 7) is 8.20. The van der Waals surface area contributed by atoms with E-state index in [-0.39, 0.29) is 6.42 Å². The third-order valence-corrected chi connectivity index (χ3v) is 4.32. The maximum absolute atomic E-state index is 11.1. The zero-order valence-electron chi connectivity index (χ0n) is 12.9. The number of fused-ring (bicyclic) bond motifs is 1. The first-order valence-electron chi connectivity index (χ1n) is 7.78. The fraction of sp³-hybridized carbons (Fsp3) is 0.500. The molecule has 0 unspecified atom stereocenters. The Labute approximate surface area is 130 Å². The number of aliphatic carboxylic acids is 1. The number of rotatable bonds is 5. The Hall–Kier alpha value is -1.92. The van der Waals surface area contributed by atoms with Crippen molar-refractivity contribution in [2.45, 2.75) is 19.9 Å².